The summed E-state index contributed by atoms with van der Waals surface area (Å²) in [7, 11) is 3.00. The van der Waals surface area contributed by atoms with Gasteiger partial charge in [-0.2, -0.15) is 0 Å². The van der Waals surface area contributed by atoms with E-state index in [9.17, 15) is 0 Å². The van der Waals surface area contributed by atoms with Gasteiger partial charge in [0.25, 0.3) is 0 Å². The highest BCUT2D eigenvalue weighted by atomic mass is 31.0. The van der Waals surface area contributed by atoms with Crippen molar-refractivity contribution in [3.63, 3.8) is 0 Å². The van der Waals surface area contributed by atoms with Crippen LogP contribution in [0.15, 0.2) is 60.7 Å². The Hall–Kier alpha value is -2.17. The maximum absolute atomic E-state index is 3.00. The van der Waals surface area contributed by atoms with Crippen LogP contribution >= 0.6 is 9.24 Å². The Kier molecular flexibility index (Phi) is 3.66. The Bertz CT molecular complexity index is 1090. The molecule has 4 rings (SSSR count). The fourth-order valence-corrected chi connectivity index (χ4v) is 4.28. The maximum Gasteiger partial charge on any atom is -0.00738 e. The number of hydrogen-bond donors (Lipinski definition) is 0. The third kappa shape index (κ3) is 2.34. The molecule has 4 aromatic rings. The van der Waals surface area contributed by atoms with Gasteiger partial charge in [0.2, 0.25) is 0 Å². The molecule has 0 amide bonds. The van der Waals surface area contributed by atoms with Gasteiger partial charge in [-0.1, -0.05) is 48.5 Å². The van der Waals surface area contributed by atoms with E-state index in [0.717, 1.165) is 0 Å². The predicted octanol–water partition coefficient (Wildman–Crippen LogP) is 6.09. The van der Waals surface area contributed by atoms with E-state index in [2.05, 4.69) is 90.7 Å². The Morgan fingerprint density at radius 1 is 0.667 bits per heavy atom. The second kappa shape index (κ2) is 5.72. The van der Waals surface area contributed by atoms with Gasteiger partial charge in [0.15, 0.2) is 0 Å². The van der Waals surface area contributed by atoms with Gasteiger partial charge in [0.05, 0.1) is 0 Å². The first-order valence-electron chi connectivity index (χ1n) is 8.34. The molecule has 1 atom stereocenters. The van der Waals surface area contributed by atoms with Crippen LogP contribution < -0.4 is 5.30 Å². The van der Waals surface area contributed by atoms with E-state index in [4.69, 9.17) is 0 Å². The summed E-state index contributed by atoms with van der Waals surface area (Å²) in [5, 5.41) is 6.52. The zero-order valence-corrected chi connectivity index (χ0v) is 15.5. The van der Waals surface area contributed by atoms with Gasteiger partial charge in [-0.05, 0) is 87.6 Å². The maximum atomic E-state index is 3.00. The van der Waals surface area contributed by atoms with Gasteiger partial charge in [0.1, 0.15) is 0 Å². The third-order valence-electron chi connectivity index (χ3n) is 5.12. The number of benzene rings is 4. The smallest absolute Gasteiger partial charge is 0.00738 e. The fraction of sp³-hybridized carbons (Fsp3) is 0.130. The van der Waals surface area contributed by atoms with Crippen molar-refractivity contribution in [3.8, 4) is 11.1 Å². The van der Waals surface area contributed by atoms with Gasteiger partial charge in [-0.3, -0.25) is 0 Å². The lowest BCUT2D eigenvalue weighted by Gasteiger charge is -2.17. The lowest BCUT2D eigenvalue weighted by atomic mass is 9.91. The summed E-state index contributed by atoms with van der Waals surface area (Å²) >= 11 is 0. The molecule has 0 N–H and O–H groups in total. The Balaban J connectivity index is 2.10. The molecule has 0 heterocycles. The summed E-state index contributed by atoms with van der Waals surface area (Å²) in [5.41, 5.74) is 6.73. The Morgan fingerprint density at radius 2 is 1.38 bits per heavy atom. The van der Waals surface area contributed by atoms with Crippen LogP contribution in [0, 0.1) is 20.8 Å². The largest absolute Gasteiger partial charge is 0.104 e. The molecule has 118 valence electrons. The van der Waals surface area contributed by atoms with Crippen molar-refractivity contribution >= 4 is 36.1 Å². The molecule has 0 aliphatic heterocycles. The van der Waals surface area contributed by atoms with Crippen molar-refractivity contribution in [2.45, 2.75) is 20.8 Å². The highest BCUT2D eigenvalue weighted by Gasteiger charge is 2.13. The highest BCUT2D eigenvalue weighted by molar-refractivity contribution is 7.29. The first kappa shape index (κ1) is 15.4. The minimum Gasteiger partial charge on any atom is -0.104 e. The molecule has 0 spiro atoms. The molecule has 24 heavy (non-hydrogen) atoms. The summed E-state index contributed by atoms with van der Waals surface area (Å²) in [5.74, 6) is 0. The minimum atomic E-state index is 1.30. The van der Waals surface area contributed by atoms with Crippen LogP contribution in [0.3, 0.4) is 0 Å². The number of fused-ring (bicyclic) bond motifs is 2. The van der Waals surface area contributed by atoms with Crippen molar-refractivity contribution in [2.24, 2.45) is 0 Å². The van der Waals surface area contributed by atoms with Gasteiger partial charge in [-0.25, -0.2) is 0 Å². The van der Waals surface area contributed by atoms with E-state index in [1.54, 1.807) is 0 Å². The normalized spacial score (nSPS) is 11.3. The fourth-order valence-electron chi connectivity index (χ4n) is 3.64. The molecule has 0 saturated heterocycles. The molecular weight excluding hydrogens is 307 g/mol. The van der Waals surface area contributed by atoms with Crippen LogP contribution in [0.4, 0.5) is 0 Å². The van der Waals surface area contributed by atoms with E-state index in [-0.39, 0.29) is 0 Å². The standard InChI is InChI=1S/C23H21P/c1-14-7-6-10-20(16(14)3)22-15(2)11-19-12-17-8-4-5-9-18(17)13-21(19)23(22)24/h4-13H,24H2,1-3H3. The quantitative estimate of drug-likeness (QED) is 0.293. The van der Waals surface area contributed by atoms with E-state index >= 15 is 0 Å². The minimum absolute atomic E-state index is 1.30. The van der Waals surface area contributed by atoms with Crippen molar-refractivity contribution in [3.05, 3.63) is 77.4 Å². The lowest BCUT2D eigenvalue weighted by Crippen LogP contribution is -2.04. The molecule has 1 heteroatoms. The second-order valence-corrected chi connectivity index (χ2v) is 7.23. The van der Waals surface area contributed by atoms with Crippen LogP contribution in [0.5, 0.6) is 0 Å². The zero-order chi connectivity index (χ0) is 16.8. The van der Waals surface area contributed by atoms with E-state index in [0.29, 0.717) is 0 Å². The molecule has 0 aliphatic rings. The summed E-state index contributed by atoms with van der Waals surface area (Å²) in [6.45, 7) is 6.63. The molecule has 4 aromatic carbocycles. The van der Waals surface area contributed by atoms with Crippen LogP contribution in [-0.4, -0.2) is 0 Å². The third-order valence-corrected chi connectivity index (χ3v) is 5.72. The van der Waals surface area contributed by atoms with E-state index in [1.165, 1.54) is 54.7 Å². The second-order valence-electron chi connectivity index (χ2n) is 6.65. The average molecular weight is 328 g/mol. The Labute approximate surface area is 145 Å². The van der Waals surface area contributed by atoms with E-state index < -0.39 is 0 Å². The topological polar surface area (TPSA) is 0 Å². The molecule has 0 bridgehead atoms. The number of rotatable bonds is 1. The number of aryl methyl sites for hydroxylation is 2. The number of hydrogen-bond acceptors (Lipinski definition) is 0. The van der Waals surface area contributed by atoms with Crippen LogP contribution in [0.25, 0.3) is 32.7 Å². The van der Waals surface area contributed by atoms with Crippen LogP contribution in [0.1, 0.15) is 16.7 Å². The van der Waals surface area contributed by atoms with Gasteiger partial charge < -0.3 is 0 Å². The van der Waals surface area contributed by atoms with Crippen molar-refractivity contribution < 1.29 is 0 Å². The molecule has 0 saturated carbocycles. The summed E-state index contributed by atoms with van der Waals surface area (Å²) in [4.78, 5) is 0. The van der Waals surface area contributed by atoms with Gasteiger partial charge in [0, 0.05) is 0 Å². The summed E-state index contributed by atoms with van der Waals surface area (Å²) in [6.07, 6.45) is 0. The lowest BCUT2D eigenvalue weighted by molar-refractivity contribution is 1.33. The first-order valence-corrected chi connectivity index (χ1v) is 8.92. The summed E-state index contributed by atoms with van der Waals surface area (Å²) < 4.78 is 0. The Morgan fingerprint density at radius 3 is 2.12 bits per heavy atom. The summed E-state index contributed by atoms with van der Waals surface area (Å²) in [6, 6.07) is 22.1. The molecule has 1 unspecified atom stereocenters. The zero-order valence-electron chi connectivity index (χ0n) is 14.4. The van der Waals surface area contributed by atoms with Crippen molar-refractivity contribution in [1.82, 2.24) is 0 Å². The molecule has 0 nitrogen and oxygen atoms in total. The van der Waals surface area contributed by atoms with Gasteiger partial charge in [-0.15, -0.1) is 9.24 Å². The first-order chi connectivity index (χ1) is 11.6. The van der Waals surface area contributed by atoms with Gasteiger partial charge >= 0.3 is 0 Å². The monoisotopic (exact) mass is 328 g/mol. The predicted molar refractivity (Wildman–Crippen MR) is 110 cm³/mol. The molecule has 0 radical (unpaired) electrons. The SMILES string of the molecule is Cc1cccc(-c2c(C)cc3cc4ccccc4cc3c2P)c1C. The average Bonchev–Trinajstić information content (AvgIpc) is 2.57. The van der Waals surface area contributed by atoms with E-state index in [1.807, 2.05) is 0 Å². The molecular formula is C23H21P. The van der Waals surface area contributed by atoms with Crippen LogP contribution in [-0.2, 0) is 0 Å². The van der Waals surface area contributed by atoms with Crippen LogP contribution in [0.2, 0.25) is 0 Å². The highest BCUT2D eigenvalue weighted by Crippen LogP contribution is 2.33. The van der Waals surface area contributed by atoms with Crippen molar-refractivity contribution in [2.75, 3.05) is 0 Å². The molecule has 0 aliphatic carbocycles. The molecule has 0 aromatic heterocycles. The van der Waals surface area contributed by atoms with Crippen molar-refractivity contribution in [1.29, 1.82) is 0 Å². The molecule has 0 fully saturated rings.